The van der Waals surface area contributed by atoms with Crippen molar-refractivity contribution in [2.45, 2.75) is 46.2 Å². The second-order valence-electron chi connectivity index (χ2n) is 7.24. The number of anilines is 2. The van der Waals surface area contributed by atoms with Gasteiger partial charge in [0.2, 0.25) is 5.91 Å². The molecule has 164 valence electrons. The van der Waals surface area contributed by atoms with E-state index in [4.69, 9.17) is 17.3 Å². The molecule has 2 aromatic rings. The van der Waals surface area contributed by atoms with E-state index in [1.165, 1.54) is 4.57 Å². The highest BCUT2D eigenvalue weighted by molar-refractivity contribution is 6.30. The van der Waals surface area contributed by atoms with E-state index in [-0.39, 0.29) is 30.0 Å². The number of unbranched alkanes of at least 4 members (excludes halogenated alkanes) is 1. The van der Waals surface area contributed by atoms with Crippen molar-refractivity contribution >= 4 is 29.0 Å². The Balaban J connectivity index is 2.27. The Bertz CT molecular complexity index is 984. The lowest BCUT2D eigenvalue weighted by Gasteiger charge is -2.30. The lowest BCUT2D eigenvalue weighted by molar-refractivity contribution is -0.130. The molecule has 0 radical (unpaired) electrons. The first kappa shape index (κ1) is 23.5. The summed E-state index contributed by atoms with van der Waals surface area (Å²) in [6.07, 6.45) is 1.63. The number of nitrogens with one attached hydrogen (secondary N) is 1. The topological polar surface area (TPSA) is 104 Å². The van der Waals surface area contributed by atoms with Crippen molar-refractivity contribution in [2.75, 3.05) is 30.8 Å². The number of hydrogen-bond acceptors (Lipinski definition) is 5. The fourth-order valence-electron chi connectivity index (χ4n) is 3.23. The Kier molecular flexibility index (Phi) is 8.11. The van der Waals surface area contributed by atoms with Gasteiger partial charge in [-0.1, -0.05) is 37.1 Å². The van der Waals surface area contributed by atoms with Crippen LogP contribution in [0.4, 0.5) is 11.5 Å². The Hall–Kier alpha value is -2.74. The summed E-state index contributed by atoms with van der Waals surface area (Å²) in [5, 5.41) is 0.630. The van der Waals surface area contributed by atoms with Gasteiger partial charge >= 0.3 is 5.69 Å². The molecule has 3 N–H and O–H groups in total. The zero-order valence-corrected chi connectivity index (χ0v) is 18.7. The van der Waals surface area contributed by atoms with E-state index < -0.39 is 11.2 Å². The van der Waals surface area contributed by atoms with Crippen LogP contribution in [0.5, 0.6) is 0 Å². The van der Waals surface area contributed by atoms with Gasteiger partial charge in [-0.2, -0.15) is 0 Å². The molecule has 1 unspecified atom stereocenters. The number of nitrogens with zero attached hydrogens (tertiary/aromatic N) is 3. The van der Waals surface area contributed by atoms with Crippen molar-refractivity contribution in [1.82, 2.24) is 14.5 Å². The number of halogens is 1. The van der Waals surface area contributed by atoms with Crippen molar-refractivity contribution in [1.29, 1.82) is 0 Å². The normalized spacial score (nSPS) is 11.9. The number of nitrogen functional groups attached to an aromatic ring is 1. The minimum Gasteiger partial charge on any atom is -0.383 e. The highest BCUT2D eigenvalue weighted by Crippen LogP contribution is 2.22. The number of H-pyrrole nitrogens is 1. The monoisotopic (exact) mass is 435 g/mol. The average Bonchev–Trinajstić information content (AvgIpc) is 2.71. The molecule has 0 aliphatic heterocycles. The van der Waals surface area contributed by atoms with Gasteiger partial charge in [-0.25, -0.2) is 4.79 Å². The van der Waals surface area contributed by atoms with Gasteiger partial charge in [0.25, 0.3) is 5.56 Å². The molecule has 1 aromatic heterocycles. The van der Waals surface area contributed by atoms with E-state index >= 15 is 0 Å². The largest absolute Gasteiger partial charge is 0.383 e. The molecule has 1 heterocycles. The molecule has 1 amide bonds. The second kappa shape index (κ2) is 10.3. The van der Waals surface area contributed by atoms with Gasteiger partial charge in [0.15, 0.2) is 0 Å². The quantitative estimate of drug-likeness (QED) is 0.630. The molecule has 8 nitrogen and oxygen atoms in total. The summed E-state index contributed by atoms with van der Waals surface area (Å²) in [6, 6.07) is 7.14. The minimum atomic E-state index is -0.590. The maximum absolute atomic E-state index is 13.0. The van der Waals surface area contributed by atoms with Crippen molar-refractivity contribution < 1.29 is 4.79 Å². The van der Waals surface area contributed by atoms with Crippen molar-refractivity contribution in [3.05, 3.63) is 55.7 Å². The number of aromatic amines is 1. The summed E-state index contributed by atoms with van der Waals surface area (Å²) in [6.45, 7) is 6.50. The zero-order valence-electron chi connectivity index (χ0n) is 17.9. The molecule has 2 rings (SSSR count). The van der Waals surface area contributed by atoms with Crippen LogP contribution >= 0.6 is 11.6 Å². The number of likely N-dealkylation sites (N-methyl/N-ethyl adjacent to an activating group) is 2. The molecule has 0 fully saturated rings. The molecule has 30 heavy (non-hydrogen) atoms. The first-order valence-electron chi connectivity index (χ1n) is 10.1. The fourth-order valence-corrected chi connectivity index (χ4v) is 3.35. The van der Waals surface area contributed by atoms with Crippen LogP contribution in [0.1, 0.15) is 45.2 Å². The maximum atomic E-state index is 13.0. The van der Waals surface area contributed by atoms with Gasteiger partial charge in [-0.3, -0.25) is 19.1 Å². The Morgan fingerprint density at radius 3 is 2.43 bits per heavy atom. The van der Waals surface area contributed by atoms with Gasteiger partial charge in [0.05, 0.1) is 12.6 Å². The highest BCUT2D eigenvalue weighted by atomic mass is 35.5. The predicted molar refractivity (Wildman–Crippen MR) is 121 cm³/mol. The van der Waals surface area contributed by atoms with E-state index in [1.807, 2.05) is 32.9 Å². The number of rotatable bonds is 9. The lowest BCUT2D eigenvalue weighted by Crippen LogP contribution is -2.44. The standard InChI is InChI=1S/C21H30ClN5O3/c1-5-7-12-27-19(23)18(20(29)24-21(27)30)26(6-2)13-17(28)25(4)14(3)15-8-10-16(22)11-9-15/h8-11,14H,5-7,12-13,23H2,1-4H3,(H,24,29,30). The Morgan fingerprint density at radius 1 is 1.23 bits per heavy atom. The predicted octanol–water partition coefficient (Wildman–Crippen LogP) is 2.62. The minimum absolute atomic E-state index is 0.0375. The fraction of sp³-hybridized carbons (Fsp3) is 0.476. The number of aromatic nitrogens is 2. The van der Waals surface area contributed by atoms with Gasteiger partial charge in [0.1, 0.15) is 11.5 Å². The van der Waals surface area contributed by atoms with Crippen molar-refractivity contribution in [3.8, 4) is 0 Å². The molecule has 0 bridgehead atoms. The number of hydrogen-bond donors (Lipinski definition) is 2. The van der Waals surface area contributed by atoms with Crippen LogP contribution in [-0.4, -0.2) is 40.5 Å². The third-order valence-corrected chi connectivity index (χ3v) is 5.55. The smallest absolute Gasteiger partial charge is 0.330 e. The molecule has 1 aromatic carbocycles. The first-order chi connectivity index (χ1) is 14.2. The molecular weight excluding hydrogens is 406 g/mol. The van der Waals surface area contributed by atoms with E-state index in [9.17, 15) is 14.4 Å². The number of benzene rings is 1. The SMILES string of the molecule is CCCCn1c(N)c(N(CC)CC(=O)N(C)C(C)c2ccc(Cl)cc2)c(=O)[nH]c1=O. The second-order valence-corrected chi connectivity index (χ2v) is 7.68. The van der Waals surface area contributed by atoms with Crippen LogP contribution in [0.25, 0.3) is 0 Å². The van der Waals surface area contributed by atoms with Crippen LogP contribution in [-0.2, 0) is 11.3 Å². The summed E-state index contributed by atoms with van der Waals surface area (Å²) < 4.78 is 1.35. The average molecular weight is 436 g/mol. The number of carbonyl (C=O) groups excluding carboxylic acids is 1. The summed E-state index contributed by atoms with van der Waals surface area (Å²) in [5.74, 6) is -0.0929. The summed E-state index contributed by atoms with van der Waals surface area (Å²) >= 11 is 5.94. The molecule has 0 saturated carbocycles. The van der Waals surface area contributed by atoms with Crippen molar-refractivity contribution in [3.63, 3.8) is 0 Å². The Labute approximate surface area is 181 Å². The van der Waals surface area contributed by atoms with Crippen LogP contribution in [0.15, 0.2) is 33.9 Å². The third-order valence-electron chi connectivity index (χ3n) is 5.30. The van der Waals surface area contributed by atoms with E-state index in [0.717, 1.165) is 18.4 Å². The summed E-state index contributed by atoms with van der Waals surface area (Å²) in [4.78, 5) is 43.1. The number of amides is 1. The molecular formula is C21H30ClN5O3. The summed E-state index contributed by atoms with van der Waals surface area (Å²) in [5.41, 5.74) is 6.15. The maximum Gasteiger partial charge on any atom is 0.330 e. The van der Waals surface area contributed by atoms with E-state index in [2.05, 4.69) is 4.98 Å². The van der Waals surface area contributed by atoms with Crippen LogP contribution in [0.2, 0.25) is 5.02 Å². The lowest BCUT2D eigenvalue weighted by atomic mass is 10.1. The molecule has 0 aliphatic rings. The molecule has 0 spiro atoms. The van der Waals surface area contributed by atoms with Crippen LogP contribution in [0, 0.1) is 0 Å². The molecule has 9 heteroatoms. The number of carbonyl (C=O) groups is 1. The molecule has 1 atom stereocenters. The summed E-state index contributed by atoms with van der Waals surface area (Å²) in [7, 11) is 1.71. The molecule has 0 aliphatic carbocycles. The Morgan fingerprint density at radius 2 is 1.87 bits per heavy atom. The third kappa shape index (κ3) is 5.24. The van der Waals surface area contributed by atoms with E-state index in [0.29, 0.717) is 18.1 Å². The first-order valence-corrected chi connectivity index (χ1v) is 10.5. The van der Waals surface area contributed by atoms with Crippen molar-refractivity contribution in [2.24, 2.45) is 0 Å². The highest BCUT2D eigenvalue weighted by Gasteiger charge is 2.23. The molecule has 0 saturated heterocycles. The van der Waals surface area contributed by atoms with Gasteiger partial charge in [0, 0.05) is 25.2 Å². The van der Waals surface area contributed by atoms with Gasteiger partial charge < -0.3 is 15.5 Å². The van der Waals surface area contributed by atoms with Crippen LogP contribution < -0.4 is 21.9 Å². The van der Waals surface area contributed by atoms with Gasteiger partial charge in [-0.15, -0.1) is 0 Å². The van der Waals surface area contributed by atoms with Gasteiger partial charge in [-0.05, 0) is 38.0 Å². The van der Waals surface area contributed by atoms with E-state index in [1.54, 1.807) is 29.0 Å². The van der Waals surface area contributed by atoms with Crippen LogP contribution in [0.3, 0.4) is 0 Å². The number of nitrogens with two attached hydrogens (primary N) is 1. The zero-order chi connectivity index (χ0) is 22.4.